The van der Waals surface area contributed by atoms with Crippen LogP contribution in [-0.4, -0.2) is 29.5 Å². The van der Waals surface area contributed by atoms with Gasteiger partial charge in [0.2, 0.25) is 0 Å². The van der Waals surface area contributed by atoms with Gasteiger partial charge >= 0.3 is 11.9 Å². The summed E-state index contributed by atoms with van der Waals surface area (Å²) in [5.41, 5.74) is -1.43. The van der Waals surface area contributed by atoms with Crippen molar-refractivity contribution in [3.05, 3.63) is 0 Å². The van der Waals surface area contributed by atoms with Gasteiger partial charge in [0.25, 0.3) is 0 Å². The van der Waals surface area contributed by atoms with Crippen molar-refractivity contribution in [2.75, 3.05) is 13.2 Å². The van der Waals surface area contributed by atoms with Crippen molar-refractivity contribution < 1.29 is 19.1 Å². The van der Waals surface area contributed by atoms with Gasteiger partial charge < -0.3 is 9.47 Å². The third-order valence-corrected chi connectivity index (χ3v) is 5.23. The second-order valence-electron chi connectivity index (χ2n) is 5.53. The first-order chi connectivity index (χ1) is 8.33. The Bertz CT molecular complexity index is 353. The number of rotatable bonds is 5. The first-order valence-electron chi connectivity index (χ1n) is 6.37. The highest BCUT2D eigenvalue weighted by Crippen LogP contribution is 2.78. The van der Waals surface area contributed by atoms with E-state index in [1.807, 2.05) is 0 Å². The zero-order valence-corrected chi connectivity index (χ0v) is 12.6. The number of carbonyl (C=O) groups excluding carboxylic acids is 2. The van der Waals surface area contributed by atoms with Crippen molar-refractivity contribution in [3.8, 4) is 0 Å². The highest BCUT2D eigenvalue weighted by molar-refractivity contribution is 9.10. The van der Waals surface area contributed by atoms with E-state index in [9.17, 15) is 9.59 Å². The van der Waals surface area contributed by atoms with Crippen molar-refractivity contribution in [1.82, 2.24) is 0 Å². The summed E-state index contributed by atoms with van der Waals surface area (Å²) in [6, 6.07) is 0. The van der Waals surface area contributed by atoms with E-state index in [-0.39, 0.29) is 23.0 Å². The Balaban J connectivity index is 2.23. The zero-order chi connectivity index (χ0) is 13.6. The fourth-order valence-electron chi connectivity index (χ4n) is 3.26. The highest BCUT2D eigenvalue weighted by Gasteiger charge is 2.78. The minimum atomic E-state index is -1.16. The lowest BCUT2D eigenvalue weighted by Gasteiger charge is -2.72. The van der Waals surface area contributed by atoms with Gasteiger partial charge in [0, 0.05) is 9.74 Å². The molecular weight excluding hydrogens is 300 g/mol. The molecule has 3 aliphatic rings. The van der Waals surface area contributed by atoms with Crippen LogP contribution in [0.1, 0.15) is 40.0 Å². The van der Waals surface area contributed by atoms with Crippen molar-refractivity contribution >= 4 is 27.9 Å². The number of carbonyl (C=O) groups is 2. The monoisotopic (exact) mass is 318 g/mol. The third kappa shape index (κ3) is 1.63. The molecule has 0 spiro atoms. The Morgan fingerprint density at radius 3 is 1.78 bits per heavy atom. The van der Waals surface area contributed by atoms with Gasteiger partial charge in [-0.15, -0.1) is 0 Å². The van der Waals surface area contributed by atoms with E-state index in [0.717, 1.165) is 19.3 Å². The topological polar surface area (TPSA) is 52.6 Å². The molecule has 0 aliphatic heterocycles. The van der Waals surface area contributed by atoms with Gasteiger partial charge in [-0.3, -0.25) is 9.59 Å². The SMILES string of the molecule is CCOC(=O)C(C)(C(=O)OCC)C12CC(Br)(C1)C2. The van der Waals surface area contributed by atoms with Crippen LogP contribution in [0.25, 0.3) is 0 Å². The largest absolute Gasteiger partial charge is 0.465 e. The zero-order valence-electron chi connectivity index (χ0n) is 11.0. The van der Waals surface area contributed by atoms with Gasteiger partial charge in [-0.2, -0.15) is 0 Å². The van der Waals surface area contributed by atoms with Crippen LogP contribution in [0.2, 0.25) is 0 Å². The molecule has 3 aliphatic carbocycles. The Kier molecular flexibility index (Phi) is 3.24. The number of esters is 2. The molecule has 0 heterocycles. The van der Waals surface area contributed by atoms with Crippen LogP contribution >= 0.6 is 15.9 Å². The predicted molar refractivity (Wildman–Crippen MR) is 69.3 cm³/mol. The molecule has 3 saturated carbocycles. The van der Waals surface area contributed by atoms with Gasteiger partial charge in [-0.05, 0) is 40.0 Å². The van der Waals surface area contributed by atoms with E-state index in [1.54, 1.807) is 20.8 Å². The molecule has 0 atom stereocenters. The minimum absolute atomic E-state index is 0.146. The van der Waals surface area contributed by atoms with Crippen molar-refractivity contribution in [1.29, 1.82) is 0 Å². The molecule has 5 heteroatoms. The second-order valence-corrected chi connectivity index (χ2v) is 7.21. The van der Waals surface area contributed by atoms with Crippen LogP contribution in [0.5, 0.6) is 0 Å². The summed E-state index contributed by atoms with van der Waals surface area (Å²) in [5, 5.41) is 0. The average Bonchev–Trinajstić information content (AvgIpc) is 2.23. The van der Waals surface area contributed by atoms with Crippen molar-refractivity contribution in [2.45, 2.75) is 44.4 Å². The fraction of sp³-hybridized carbons (Fsp3) is 0.846. The van der Waals surface area contributed by atoms with E-state index < -0.39 is 17.4 Å². The molecule has 18 heavy (non-hydrogen) atoms. The normalized spacial score (nSPS) is 33.1. The van der Waals surface area contributed by atoms with Crippen LogP contribution in [0.4, 0.5) is 0 Å². The molecule has 0 N–H and O–H groups in total. The van der Waals surface area contributed by atoms with Crippen LogP contribution in [0.3, 0.4) is 0 Å². The molecule has 0 aromatic rings. The molecule has 102 valence electrons. The maximum absolute atomic E-state index is 12.2. The van der Waals surface area contributed by atoms with E-state index in [2.05, 4.69) is 15.9 Å². The number of hydrogen-bond acceptors (Lipinski definition) is 4. The molecule has 2 bridgehead atoms. The van der Waals surface area contributed by atoms with E-state index >= 15 is 0 Å². The maximum atomic E-state index is 12.2. The van der Waals surface area contributed by atoms with E-state index in [0.29, 0.717) is 0 Å². The van der Waals surface area contributed by atoms with E-state index in [4.69, 9.17) is 9.47 Å². The van der Waals surface area contributed by atoms with Crippen LogP contribution in [0.15, 0.2) is 0 Å². The lowest BCUT2D eigenvalue weighted by molar-refractivity contribution is -0.214. The molecule has 0 radical (unpaired) electrons. The lowest BCUT2D eigenvalue weighted by Crippen LogP contribution is -2.73. The average molecular weight is 319 g/mol. The minimum Gasteiger partial charge on any atom is -0.465 e. The quantitative estimate of drug-likeness (QED) is 0.444. The summed E-state index contributed by atoms with van der Waals surface area (Å²) < 4.78 is 10.3. The number of halogens is 1. The van der Waals surface area contributed by atoms with Gasteiger partial charge in [-0.1, -0.05) is 15.9 Å². The lowest BCUT2D eigenvalue weighted by atomic mass is 9.36. The summed E-state index contributed by atoms with van der Waals surface area (Å²) >= 11 is 3.63. The molecule has 0 unspecified atom stereocenters. The Morgan fingerprint density at radius 1 is 1.11 bits per heavy atom. The van der Waals surface area contributed by atoms with Crippen molar-refractivity contribution in [3.63, 3.8) is 0 Å². The molecular formula is C13H19BrO4. The Morgan fingerprint density at radius 2 is 1.50 bits per heavy atom. The predicted octanol–water partition coefficient (Wildman–Crippen LogP) is 2.44. The smallest absolute Gasteiger partial charge is 0.323 e. The first-order valence-corrected chi connectivity index (χ1v) is 7.16. The Hall–Kier alpha value is -0.580. The molecule has 0 amide bonds. The molecule has 0 aromatic heterocycles. The van der Waals surface area contributed by atoms with Crippen LogP contribution in [0, 0.1) is 10.8 Å². The summed E-state index contributed by atoms with van der Waals surface area (Å²) in [6.45, 7) is 5.73. The molecule has 0 aromatic carbocycles. The molecule has 0 saturated heterocycles. The maximum Gasteiger partial charge on any atom is 0.323 e. The fourth-order valence-corrected chi connectivity index (χ4v) is 4.87. The second kappa shape index (κ2) is 4.22. The van der Waals surface area contributed by atoms with Crippen LogP contribution in [-0.2, 0) is 19.1 Å². The summed E-state index contributed by atoms with van der Waals surface area (Å²) in [6.07, 6.45) is 2.52. The summed E-state index contributed by atoms with van der Waals surface area (Å²) in [7, 11) is 0. The standard InChI is InChI=1S/C13H19BrO4/c1-4-17-9(15)11(3,10(16)18-5-2)12-6-13(14,7-12)8-12/h4-8H2,1-3H3. The first kappa shape index (κ1) is 13.8. The van der Waals surface area contributed by atoms with Gasteiger partial charge in [-0.25, -0.2) is 0 Å². The Labute approximate surface area is 116 Å². The van der Waals surface area contributed by atoms with Gasteiger partial charge in [0.05, 0.1) is 13.2 Å². The number of hydrogen-bond donors (Lipinski definition) is 0. The van der Waals surface area contributed by atoms with Gasteiger partial charge in [0.1, 0.15) is 0 Å². The third-order valence-electron chi connectivity index (χ3n) is 4.39. The van der Waals surface area contributed by atoms with E-state index in [1.165, 1.54) is 0 Å². The van der Waals surface area contributed by atoms with Gasteiger partial charge in [0.15, 0.2) is 5.41 Å². The number of ether oxygens (including phenoxy) is 2. The molecule has 3 fully saturated rings. The van der Waals surface area contributed by atoms with Crippen LogP contribution < -0.4 is 0 Å². The molecule has 3 rings (SSSR count). The summed E-state index contributed by atoms with van der Waals surface area (Å²) in [5.74, 6) is -0.893. The highest BCUT2D eigenvalue weighted by atomic mass is 79.9. The summed E-state index contributed by atoms with van der Waals surface area (Å²) in [4.78, 5) is 24.4. The van der Waals surface area contributed by atoms with Crippen molar-refractivity contribution in [2.24, 2.45) is 10.8 Å². The number of alkyl halides is 1. The molecule has 4 nitrogen and oxygen atoms in total.